The van der Waals surface area contributed by atoms with Gasteiger partial charge in [-0.1, -0.05) is 60.7 Å². The van der Waals surface area contributed by atoms with Gasteiger partial charge in [-0.3, -0.25) is 0 Å². The summed E-state index contributed by atoms with van der Waals surface area (Å²) in [6.45, 7) is 2.93. The lowest BCUT2D eigenvalue weighted by atomic mass is 10.0. The minimum atomic E-state index is 0.703. The van der Waals surface area contributed by atoms with Gasteiger partial charge in [0.1, 0.15) is 0 Å². The van der Waals surface area contributed by atoms with Crippen LogP contribution >= 0.6 is 12.2 Å². The largest absolute Gasteiger partial charge is 0.396 e. The highest BCUT2D eigenvalue weighted by Crippen LogP contribution is 2.25. The molecule has 4 aromatic rings. The fourth-order valence-electron chi connectivity index (χ4n) is 3.27. The standard InChI is InChI=1S/C21H16N2.CH3NS/c1-15-11-18-10-9-16(13-22)12-21(18)23(15)14-19-7-4-6-17-5-2-3-8-20(17)19;2-1-3/h2-12H,14H2,1H3;1H,(H2,2,3). The number of hydrogen-bond donors (Lipinski definition) is 1. The van der Waals surface area contributed by atoms with Crippen molar-refractivity contribution in [1.82, 2.24) is 4.57 Å². The number of aromatic nitrogens is 1. The second-order valence-corrected chi connectivity index (χ2v) is 6.30. The van der Waals surface area contributed by atoms with Crippen molar-refractivity contribution in [3.8, 4) is 6.07 Å². The van der Waals surface area contributed by atoms with Crippen LogP contribution in [0.15, 0.2) is 66.7 Å². The Labute approximate surface area is 158 Å². The molecule has 4 heteroatoms. The third kappa shape index (κ3) is 3.44. The summed E-state index contributed by atoms with van der Waals surface area (Å²) in [5.41, 5.74) is 9.95. The van der Waals surface area contributed by atoms with Gasteiger partial charge < -0.3 is 10.3 Å². The molecule has 0 saturated carbocycles. The van der Waals surface area contributed by atoms with Crippen molar-refractivity contribution >= 4 is 39.4 Å². The Bertz CT molecular complexity index is 1110. The van der Waals surface area contributed by atoms with E-state index in [1.54, 1.807) is 0 Å². The molecular weight excluding hydrogens is 338 g/mol. The highest BCUT2D eigenvalue weighted by molar-refractivity contribution is 7.78. The lowest BCUT2D eigenvalue weighted by molar-refractivity contribution is 0.810. The normalized spacial score (nSPS) is 10.2. The first-order valence-corrected chi connectivity index (χ1v) is 8.77. The lowest BCUT2D eigenvalue weighted by Crippen LogP contribution is -2.02. The van der Waals surface area contributed by atoms with Crippen LogP contribution in [0.3, 0.4) is 0 Å². The molecule has 0 radical (unpaired) electrons. The van der Waals surface area contributed by atoms with Crippen LogP contribution in [-0.2, 0) is 6.54 Å². The Morgan fingerprint density at radius 1 is 1.04 bits per heavy atom. The second-order valence-electron chi connectivity index (χ2n) is 6.03. The molecule has 3 nitrogen and oxygen atoms in total. The summed E-state index contributed by atoms with van der Waals surface area (Å²) in [5.74, 6) is 0. The summed E-state index contributed by atoms with van der Waals surface area (Å²) in [6.07, 6.45) is 0. The van der Waals surface area contributed by atoms with Gasteiger partial charge in [0.15, 0.2) is 0 Å². The van der Waals surface area contributed by atoms with Crippen molar-refractivity contribution in [3.05, 3.63) is 83.6 Å². The quantitative estimate of drug-likeness (QED) is 0.518. The number of nitrogens with zero attached hydrogens (tertiary/aromatic N) is 2. The second kappa shape index (κ2) is 7.81. The number of rotatable bonds is 2. The molecule has 1 aromatic heterocycles. The molecule has 0 unspecified atom stereocenters. The fourth-order valence-corrected chi connectivity index (χ4v) is 3.27. The maximum Gasteiger partial charge on any atom is 0.0992 e. The lowest BCUT2D eigenvalue weighted by Gasteiger charge is -2.11. The van der Waals surface area contributed by atoms with Gasteiger partial charge >= 0.3 is 0 Å². The van der Waals surface area contributed by atoms with Crippen LogP contribution in [0.2, 0.25) is 0 Å². The zero-order valence-corrected chi connectivity index (χ0v) is 15.3. The highest BCUT2D eigenvalue weighted by atomic mass is 32.1. The number of fused-ring (bicyclic) bond motifs is 2. The van der Waals surface area contributed by atoms with E-state index in [1.807, 2.05) is 18.2 Å². The number of aryl methyl sites for hydroxylation is 1. The molecule has 0 bridgehead atoms. The third-order valence-corrected chi connectivity index (χ3v) is 4.45. The van der Waals surface area contributed by atoms with Crippen LogP contribution in [0.1, 0.15) is 16.8 Å². The summed E-state index contributed by atoms with van der Waals surface area (Å²) in [4.78, 5) is 0. The van der Waals surface area contributed by atoms with Crippen molar-refractivity contribution < 1.29 is 0 Å². The molecule has 128 valence electrons. The highest BCUT2D eigenvalue weighted by Gasteiger charge is 2.09. The van der Waals surface area contributed by atoms with Crippen LogP contribution in [0.5, 0.6) is 0 Å². The summed E-state index contributed by atoms with van der Waals surface area (Å²) < 4.78 is 2.29. The Kier molecular flexibility index (Phi) is 5.31. The maximum atomic E-state index is 9.17. The van der Waals surface area contributed by atoms with E-state index in [4.69, 9.17) is 5.26 Å². The van der Waals surface area contributed by atoms with Gasteiger partial charge in [-0.2, -0.15) is 5.26 Å². The summed E-state index contributed by atoms with van der Waals surface area (Å²) in [5, 5.41) is 12.9. The Balaban J connectivity index is 0.000000613. The molecule has 4 rings (SSSR count). The Hall–Kier alpha value is -3.16. The van der Waals surface area contributed by atoms with Crippen molar-refractivity contribution in [2.45, 2.75) is 13.5 Å². The van der Waals surface area contributed by atoms with E-state index in [9.17, 15) is 0 Å². The topological polar surface area (TPSA) is 54.7 Å². The first-order chi connectivity index (χ1) is 12.7. The van der Waals surface area contributed by atoms with E-state index in [1.165, 1.54) is 27.4 Å². The van der Waals surface area contributed by atoms with E-state index in [-0.39, 0.29) is 0 Å². The number of thiocarbonyl (C=S) groups is 1. The molecule has 0 spiro atoms. The van der Waals surface area contributed by atoms with Crippen LogP contribution in [0, 0.1) is 18.3 Å². The predicted octanol–water partition coefficient (Wildman–Crippen LogP) is 4.93. The molecule has 26 heavy (non-hydrogen) atoms. The zero-order chi connectivity index (χ0) is 18.5. The molecule has 0 amide bonds. The summed E-state index contributed by atoms with van der Waals surface area (Å²) in [6, 6.07) is 25.2. The van der Waals surface area contributed by atoms with Crippen molar-refractivity contribution in [1.29, 1.82) is 5.26 Å². The van der Waals surface area contributed by atoms with E-state index < -0.39 is 0 Å². The fraction of sp³-hybridized carbons (Fsp3) is 0.0909. The van der Waals surface area contributed by atoms with E-state index in [0.29, 0.717) is 5.56 Å². The first kappa shape index (κ1) is 17.7. The van der Waals surface area contributed by atoms with E-state index in [0.717, 1.165) is 17.6 Å². The monoisotopic (exact) mass is 357 g/mol. The average molecular weight is 357 g/mol. The SMILES string of the molecule is Cc1cc2ccc(C#N)cc2n1Cc1cccc2ccccc12.NC=S. The Morgan fingerprint density at radius 3 is 2.54 bits per heavy atom. The number of nitrogens with two attached hydrogens (primary N) is 1. The zero-order valence-electron chi connectivity index (χ0n) is 14.5. The van der Waals surface area contributed by atoms with E-state index >= 15 is 0 Å². The van der Waals surface area contributed by atoms with Gasteiger partial charge in [-0.25, -0.2) is 0 Å². The molecule has 3 aromatic carbocycles. The van der Waals surface area contributed by atoms with Crippen LogP contribution in [-0.4, -0.2) is 10.1 Å². The molecule has 1 heterocycles. The van der Waals surface area contributed by atoms with Crippen molar-refractivity contribution in [2.75, 3.05) is 0 Å². The van der Waals surface area contributed by atoms with Crippen LogP contribution in [0.4, 0.5) is 0 Å². The van der Waals surface area contributed by atoms with Gasteiger partial charge in [0.25, 0.3) is 0 Å². The summed E-state index contributed by atoms with van der Waals surface area (Å²) in [7, 11) is 0. The van der Waals surface area contributed by atoms with Gasteiger partial charge in [0.05, 0.1) is 17.1 Å². The van der Waals surface area contributed by atoms with Gasteiger partial charge in [0.2, 0.25) is 0 Å². The molecular formula is C22H19N3S. The van der Waals surface area contributed by atoms with Crippen molar-refractivity contribution in [2.24, 2.45) is 5.73 Å². The molecule has 0 aliphatic carbocycles. The van der Waals surface area contributed by atoms with E-state index in [2.05, 4.69) is 84.0 Å². The maximum absolute atomic E-state index is 9.17. The third-order valence-electron chi connectivity index (χ3n) is 4.45. The van der Waals surface area contributed by atoms with Gasteiger partial charge in [-0.15, -0.1) is 0 Å². The average Bonchev–Trinajstić information content (AvgIpc) is 2.97. The first-order valence-electron chi connectivity index (χ1n) is 8.30. The minimum Gasteiger partial charge on any atom is -0.396 e. The predicted molar refractivity (Wildman–Crippen MR) is 112 cm³/mol. The smallest absolute Gasteiger partial charge is 0.0992 e. The van der Waals surface area contributed by atoms with Gasteiger partial charge in [-0.05, 0) is 46.8 Å². The molecule has 0 atom stereocenters. The minimum absolute atomic E-state index is 0.703. The van der Waals surface area contributed by atoms with Crippen LogP contribution in [0.25, 0.3) is 21.7 Å². The molecule has 0 saturated heterocycles. The molecule has 2 N–H and O–H groups in total. The van der Waals surface area contributed by atoms with Gasteiger partial charge in [0, 0.05) is 17.8 Å². The van der Waals surface area contributed by atoms with Crippen molar-refractivity contribution in [3.63, 3.8) is 0 Å². The number of hydrogen-bond acceptors (Lipinski definition) is 2. The number of benzene rings is 3. The number of nitriles is 1. The molecule has 0 fully saturated rings. The molecule has 0 aliphatic rings. The summed E-state index contributed by atoms with van der Waals surface area (Å²) >= 11 is 4.05. The molecule has 0 aliphatic heterocycles. The van der Waals surface area contributed by atoms with Crippen LogP contribution < -0.4 is 5.73 Å². The Morgan fingerprint density at radius 2 is 1.77 bits per heavy atom.